The van der Waals surface area contributed by atoms with Gasteiger partial charge in [-0.05, 0) is 102 Å². The molecule has 39 heavy (non-hydrogen) atoms. The van der Waals surface area contributed by atoms with Crippen molar-refractivity contribution >= 4 is 0 Å². The third kappa shape index (κ3) is 3.71. The van der Waals surface area contributed by atoms with Crippen LogP contribution in [0.2, 0.25) is 0 Å². The summed E-state index contributed by atoms with van der Waals surface area (Å²) >= 11 is 0. The molecule has 0 atom stereocenters. The standard InChI is InChI=1S/C39H44/c1-23-13-12-14-30-34(23)27-17-15-24(19-31(27)38(30,8)9)29-20-26(37(5,6)7)22-33-35(29)28-18-16-25(36(2,3)4)21-32(28)39(33,10)11/h12-22H,1-11H3. The molecule has 200 valence electrons. The zero-order valence-electron chi connectivity index (χ0n) is 25.9. The third-order valence-corrected chi connectivity index (χ3v) is 9.73. The normalized spacial score (nSPS) is 16.5. The fourth-order valence-electron chi connectivity index (χ4n) is 7.11. The van der Waals surface area contributed by atoms with E-state index in [4.69, 9.17) is 0 Å². The zero-order valence-corrected chi connectivity index (χ0v) is 25.9. The van der Waals surface area contributed by atoms with E-state index in [2.05, 4.69) is 143 Å². The minimum atomic E-state index is -0.0503. The van der Waals surface area contributed by atoms with Gasteiger partial charge in [0.25, 0.3) is 0 Å². The Bertz CT molecular complexity index is 1660. The minimum Gasteiger partial charge on any atom is -0.0617 e. The first-order chi connectivity index (χ1) is 18.0. The summed E-state index contributed by atoms with van der Waals surface area (Å²) < 4.78 is 0. The molecule has 0 N–H and O–H groups in total. The van der Waals surface area contributed by atoms with Gasteiger partial charge in [-0.2, -0.15) is 0 Å². The van der Waals surface area contributed by atoms with E-state index in [1.54, 1.807) is 0 Å². The van der Waals surface area contributed by atoms with Gasteiger partial charge in [0.05, 0.1) is 0 Å². The number of fused-ring (bicyclic) bond motifs is 6. The maximum atomic E-state index is 2.51. The van der Waals surface area contributed by atoms with E-state index in [0.29, 0.717) is 0 Å². The first kappa shape index (κ1) is 26.1. The Hall–Kier alpha value is -3.12. The molecular formula is C39H44. The molecule has 0 saturated heterocycles. The molecule has 0 heterocycles. The molecule has 0 bridgehead atoms. The molecule has 4 aromatic rings. The van der Waals surface area contributed by atoms with Crippen molar-refractivity contribution in [2.24, 2.45) is 0 Å². The number of hydrogen-bond acceptors (Lipinski definition) is 0. The second kappa shape index (κ2) is 7.97. The summed E-state index contributed by atoms with van der Waals surface area (Å²) in [4.78, 5) is 0. The van der Waals surface area contributed by atoms with Gasteiger partial charge in [0.2, 0.25) is 0 Å². The Morgan fingerprint density at radius 3 is 1.72 bits per heavy atom. The predicted octanol–water partition coefficient (Wildman–Crippen LogP) is 10.9. The van der Waals surface area contributed by atoms with Crippen LogP contribution < -0.4 is 0 Å². The predicted molar refractivity (Wildman–Crippen MR) is 169 cm³/mol. The van der Waals surface area contributed by atoms with E-state index < -0.39 is 0 Å². The van der Waals surface area contributed by atoms with Gasteiger partial charge in [0, 0.05) is 10.8 Å². The van der Waals surface area contributed by atoms with Crippen molar-refractivity contribution in [1.82, 2.24) is 0 Å². The van der Waals surface area contributed by atoms with Crippen molar-refractivity contribution in [2.75, 3.05) is 0 Å². The molecule has 2 aliphatic rings. The molecule has 0 radical (unpaired) electrons. The molecule has 0 aromatic heterocycles. The highest BCUT2D eigenvalue weighted by atomic mass is 14.4. The lowest BCUT2D eigenvalue weighted by Gasteiger charge is -2.28. The van der Waals surface area contributed by atoms with Crippen LogP contribution in [0.5, 0.6) is 0 Å². The van der Waals surface area contributed by atoms with Gasteiger partial charge in [-0.1, -0.05) is 124 Å². The summed E-state index contributed by atoms with van der Waals surface area (Å²) in [5.74, 6) is 0. The Kier molecular flexibility index (Phi) is 5.34. The van der Waals surface area contributed by atoms with E-state index in [-0.39, 0.29) is 21.7 Å². The Labute approximate surface area is 236 Å². The Balaban J connectivity index is 1.64. The number of aryl methyl sites for hydroxylation is 1. The molecule has 2 aliphatic carbocycles. The summed E-state index contributed by atoms with van der Waals surface area (Å²) in [6, 6.07) is 26.3. The van der Waals surface area contributed by atoms with Crippen LogP contribution in [0.3, 0.4) is 0 Å². The second-order valence-corrected chi connectivity index (χ2v) is 15.2. The molecule has 0 amide bonds. The van der Waals surface area contributed by atoms with Crippen LogP contribution in [0.1, 0.15) is 108 Å². The largest absolute Gasteiger partial charge is 0.0617 e. The zero-order chi connectivity index (χ0) is 28.3. The molecule has 0 nitrogen and oxygen atoms in total. The molecular weight excluding hydrogens is 468 g/mol. The lowest BCUT2D eigenvalue weighted by atomic mass is 9.76. The molecule has 0 spiro atoms. The van der Waals surface area contributed by atoms with Crippen LogP contribution in [-0.2, 0) is 21.7 Å². The van der Waals surface area contributed by atoms with Crippen LogP contribution >= 0.6 is 0 Å². The molecule has 0 unspecified atom stereocenters. The summed E-state index contributed by atoms with van der Waals surface area (Å²) in [5, 5.41) is 0. The fraction of sp³-hybridized carbons (Fsp3) is 0.385. The van der Waals surface area contributed by atoms with E-state index in [1.807, 2.05) is 0 Å². The highest BCUT2D eigenvalue weighted by molar-refractivity contribution is 5.95. The fourth-order valence-corrected chi connectivity index (χ4v) is 7.11. The first-order valence-corrected chi connectivity index (χ1v) is 14.6. The highest BCUT2D eigenvalue weighted by Gasteiger charge is 2.40. The van der Waals surface area contributed by atoms with Crippen LogP contribution in [0.25, 0.3) is 33.4 Å². The van der Waals surface area contributed by atoms with Gasteiger partial charge in [-0.25, -0.2) is 0 Å². The van der Waals surface area contributed by atoms with Gasteiger partial charge in [0.1, 0.15) is 0 Å². The summed E-state index contributed by atoms with van der Waals surface area (Å²) in [6.45, 7) is 25.9. The van der Waals surface area contributed by atoms with E-state index in [0.717, 1.165) is 0 Å². The maximum Gasteiger partial charge on any atom is 0.0159 e. The molecule has 6 rings (SSSR count). The lowest BCUT2D eigenvalue weighted by Crippen LogP contribution is -2.19. The number of benzene rings is 4. The van der Waals surface area contributed by atoms with Gasteiger partial charge >= 0.3 is 0 Å². The highest BCUT2D eigenvalue weighted by Crippen LogP contribution is 2.56. The van der Waals surface area contributed by atoms with Gasteiger partial charge in [0.15, 0.2) is 0 Å². The molecule has 4 aromatic carbocycles. The summed E-state index contributed by atoms with van der Waals surface area (Å²) in [6.07, 6.45) is 0. The van der Waals surface area contributed by atoms with Gasteiger partial charge in [-0.3, -0.25) is 0 Å². The monoisotopic (exact) mass is 512 g/mol. The molecule has 0 aliphatic heterocycles. The summed E-state index contributed by atoms with van der Waals surface area (Å²) in [5.41, 5.74) is 18.5. The van der Waals surface area contributed by atoms with Crippen molar-refractivity contribution in [3.8, 4) is 33.4 Å². The number of hydrogen-bond donors (Lipinski definition) is 0. The van der Waals surface area contributed by atoms with Crippen LogP contribution in [0, 0.1) is 6.92 Å². The van der Waals surface area contributed by atoms with Crippen LogP contribution in [-0.4, -0.2) is 0 Å². The van der Waals surface area contributed by atoms with E-state index in [9.17, 15) is 0 Å². The minimum absolute atomic E-state index is 0.0176. The lowest BCUT2D eigenvalue weighted by molar-refractivity contribution is 0.580. The average Bonchev–Trinajstić information content (AvgIpc) is 3.22. The van der Waals surface area contributed by atoms with Gasteiger partial charge < -0.3 is 0 Å². The topological polar surface area (TPSA) is 0 Å². The van der Waals surface area contributed by atoms with Crippen molar-refractivity contribution in [3.05, 3.63) is 106 Å². The van der Waals surface area contributed by atoms with Crippen LogP contribution in [0.15, 0.2) is 66.7 Å². The second-order valence-electron chi connectivity index (χ2n) is 15.2. The van der Waals surface area contributed by atoms with E-state index in [1.165, 1.54) is 72.3 Å². The smallest absolute Gasteiger partial charge is 0.0159 e. The Morgan fingerprint density at radius 1 is 0.487 bits per heavy atom. The first-order valence-electron chi connectivity index (χ1n) is 14.6. The van der Waals surface area contributed by atoms with Crippen molar-refractivity contribution in [1.29, 1.82) is 0 Å². The van der Waals surface area contributed by atoms with Crippen LogP contribution in [0.4, 0.5) is 0 Å². The third-order valence-electron chi connectivity index (χ3n) is 9.73. The molecule has 0 saturated carbocycles. The van der Waals surface area contributed by atoms with Crippen molar-refractivity contribution < 1.29 is 0 Å². The summed E-state index contributed by atoms with van der Waals surface area (Å²) in [7, 11) is 0. The maximum absolute atomic E-state index is 2.51. The average molecular weight is 513 g/mol. The molecule has 0 fully saturated rings. The number of rotatable bonds is 1. The van der Waals surface area contributed by atoms with Crippen molar-refractivity contribution in [2.45, 2.75) is 97.8 Å². The van der Waals surface area contributed by atoms with Gasteiger partial charge in [-0.15, -0.1) is 0 Å². The Morgan fingerprint density at radius 2 is 1.05 bits per heavy atom. The van der Waals surface area contributed by atoms with E-state index >= 15 is 0 Å². The van der Waals surface area contributed by atoms with Crippen molar-refractivity contribution in [3.63, 3.8) is 0 Å². The molecule has 0 heteroatoms. The quantitative estimate of drug-likeness (QED) is 0.238. The SMILES string of the molecule is Cc1cccc2c1-c1ccc(-c3cc(C(C)(C)C)cc4c3-c3ccc(C(C)(C)C)cc3C4(C)C)cc1C2(C)C.